The normalized spacial score (nSPS) is 21.0. The van der Waals surface area contributed by atoms with E-state index in [-0.39, 0.29) is 48.2 Å². The average Bonchev–Trinajstić information content (AvgIpc) is 3.49. The lowest BCUT2D eigenvalue weighted by Crippen LogP contribution is -2.51. The molecule has 256 valence electrons. The van der Waals surface area contributed by atoms with Crippen molar-refractivity contribution in [2.24, 2.45) is 5.92 Å². The van der Waals surface area contributed by atoms with Crippen molar-refractivity contribution in [2.45, 2.75) is 90.6 Å². The van der Waals surface area contributed by atoms with Crippen molar-refractivity contribution in [3.8, 4) is 5.75 Å². The second-order valence-corrected chi connectivity index (χ2v) is 12.9. The van der Waals surface area contributed by atoms with E-state index in [0.717, 1.165) is 30.4 Å². The number of carbonyl (C=O) groups excluding carboxylic acids is 1. The Hall–Kier alpha value is -4.91. The van der Waals surface area contributed by atoms with Crippen LogP contribution in [0.2, 0.25) is 0 Å². The predicted octanol–water partition coefficient (Wildman–Crippen LogP) is 5.09. The molecular weight excluding hydrogens is 608 g/mol. The van der Waals surface area contributed by atoms with Gasteiger partial charge in [-0.05, 0) is 75.1 Å². The van der Waals surface area contributed by atoms with Gasteiger partial charge < -0.3 is 30.8 Å². The van der Waals surface area contributed by atoms with Gasteiger partial charge in [0.2, 0.25) is 5.96 Å². The smallest absolute Gasteiger partial charge is 0.320 e. The number of pyridine rings is 1. The molecule has 0 saturated carbocycles. The lowest BCUT2D eigenvalue weighted by Gasteiger charge is -2.41. The molecule has 3 heterocycles. The van der Waals surface area contributed by atoms with Crippen LogP contribution in [-0.4, -0.2) is 60.7 Å². The van der Waals surface area contributed by atoms with E-state index in [1.807, 2.05) is 38.1 Å². The molecule has 7 N–H and O–H groups in total. The number of likely N-dealkylation sites (tertiary alicyclic amines) is 1. The number of nitrogens with zero attached hydrogens (tertiary/aromatic N) is 4. The fourth-order valence-electron chi connectivity index (χ4n) is 6.41. The average molecular weight is 657 g/mol. The minimum atomic E-state index is -0.425. The molecule has 4 atom stereocenters. The maximum Gasteiger partial charge on any atom is 0.320 e. The number of carbonyl (C=O) groups is 1. The van der Waals surface area contributed by atoms with E-state index in [1.54, 1.807) is 45.9 Å². The first kappa shape index (κ1) is 34.4. The van der Waals surface area contributed by atoms with Gasteiger partial charge in [0.25, 0.3) is 0 Å². The van der Waals surface area contributed by atoms with Crippen LogP contribution < -0.4 is 26.2 Å². The number of hydrogen-bond donors (Lipinski definition) is 7. The first-order chi connectivity index (χ1) is 23.0. The molecule has 1 unspecified atom stereocenters. The molecule has 2 aliphatic rings. The Bertz CT molecular complexity index is 1700. The fraction of sp³-hybridized carbons (Fsp3) is 0.457. The molecule has 0 bridgehead atoms. The number of benzene rings is 1. The highest BCUT2D eigenvalue weighted by molar-refractivity contribution is 5.95. The van der Waals surface area contributed by atoms with Crippen LogP contribution in [0.15, 0.2) is 66.8 Å². The molecule has 1 aliphatic carbocycles. The molecule has 48 heavy (non-hydrogen) atoms. The SMILES string of the molecule is CC(C)C(=N)/C=C(/NC(=O)N[C@H]1CC[C@@H](Oc2ccc(=N)n(C(=N)N3C(C)CCC[C@H]3C)c2)c2ccccc21)Nc1ccn(CCO)n1. The molecule has 13 heteroatoms. The van der Waals surface area contributed by atoms with Gasteiger partial charge in [0.1, 0.15) is 23.2 Å². The van der Waals surface area contributed by atoms with Crippen molar-refractivity contribution >= 4 is 23.5 Å². The summed E-state index contributed by atoms with van der Waals surface area (Å²) in [5.74, 6) is 1.61. The Labute approximate surface area is 281 Å². The summed E-state index contributed by atoms with van der Waals surface area (Å²) in [6, 6.07) is 12.8. The fourth-order valence-corrected chi connectivity index (χ4v) is 6.41. The Morgan fingerprint density at radius 1 is 1.06 bits per heavy atom. The summed E-state index contributed by atoms with van der Waals surface area (Å²) in [7, 11) is 0. The Balaban J connectivity index is 1.29. The van der Waals surface area contributed by atoms with Crippen LogP contribution in [0.4, 0.5) is 10.6 Å². The molecule has 1 aliphatic heterocycles. The van der Waals surface area contributed by atoms with Gasteiger partial charge in [0.15, 0.2) is 5.82 Å². The molecule has 1 aromatic carbocycles. The second kappa shape index (κ2) is 15.3. The van der Waals surface area contributed by atoms with Gasteiger partial charge >= 0.3 is 6.03 Å². The first-order valence-electron chi connectivity index (χ1n) is 16.7. The number of amides is 2. The highest BCUT2D eigenvalue weighted by Gasteiger charge is 2.31. The third kappa shape index (κ3) is 8.14. The van der Waals surface area contributed by atoms with Crippen molar-refractivity contribution in [2.75, 3.05) is 11.9 Å². The van der Waals surface area contributed by atoms with Crippen molar-refractivity contribution in [1.82, 2.24) is 29.9 Å². The Kier molecular flexibility index (Phi) is 11.0. The van der Waals surface area contributed by atoms with Crippen molar-refractivity contribution in [3.05, 3.63) is 83.4 Å². The summed E-state index contributed by atoms with van der Waals surface area (Å²) in [5, 5.41) is 48.5. The van der Waals surface area contributed by atoms with E-state index in [4.69, 9.17) is 21.0 Å². The molecule has 0 spiro atoms. The van der Waals surface area contributed by atoms with E-state index in [0.29, 0.717) is 42.5 Å². The van der Waals surface area contributed by atoms with Gasteiger partial charge in [-0.1, -0.05) is 38.1 Å². The predicted molar refractivity (Wildman–Crippen MR) is 185 cm³/mol. The lowest BCUT2D eigenvalue weighted by molar-refractivity contribution is 0.169. The van der Waals surface area contributed by atoms with Crippen molar-refractivity contribution in [3.63, 3.8) is 0 Å². The van der Waals surface area contributed by atoms with Crippen LogP contribution in [-0.2, 0) is 6.54 Å². The zero-order valence-corrected chi connectivity index (χ0v) is 28.2. The summed E-state index contributed by atoms with van der Waals surface area (Å²) >= 11 is 0. The highest BCUT2D eigenvalue weighted by atomic mass is 16.5. The largest absolute Gasteiger partial charge is 0.484 e. The maximum absolute atomic E-state index is 13.4. The number of hydrogen-bond acceptors (Lipinski definition) is 8. The number of piperidine rings is 1. The summed E-state index contributed by atoms with van der Waals surface area (Å²) in [6.45, 7) is 8.39. The number of anilines is 1. The van der Waals surface area contributed by atoms with Crippen molar-refractivity contribution in [1.29, 1.82) is 16.2 Å². The monoisotopic (exact) mass is 656 g/mol. The molecule has 2 amide bonds. The summed E-state index contributed by atoms with van der Waals surface area (Å²) < 4.78 is 9.70. The zero-order chi connectivity index (χ0) is 34.4. The van der Waals surface area contributed by atoms with E-state index < -0.39 is 6.03 Å². The van der Waals surface area contributed by atoms with Crippen LogP contribution in [0.5, 0.6) is 5.75 Å². The third-order valence-electron chi connectivity index (χ3n) is 9.01. The lowest BCUT2D eigenvalue weighted by atomic mass is 9.85. The number of nitrogens with one attached hydrogen (secondary N) is 6. The van der Waals surface area contributed by atoms with E-state index in [9.17, 15) is 9.90 Å². The van der Waals surface area contributed by atoms with Gasteiger partial charge in [0, 0.05) is 36.1 Å². The minimum absolute atomic E-state index is 0.0448. The van der Waals surface area contributed by atoms with Gasteiger partial charge in [0.05, 0.1) is 25.4 Å². The number of urea groups is 1. The van der Waals surface area contributed by atoms with Crippen LogP contribution in [0, 0.1) is 22.1 Å². The van der Waals surface area contributed by atoms with E-state index >= 15 is 0 Å². The van der Waals surface area contributed by atoms with Gasteiger partial charge in [-0.2, -0.15) is 5.10 Å². The molecule has 5 rings (SSSR count). The Morgan fingerprint density at radius 3 is 2.50 bits per heavy atom. The second-order valence-electron chi connectivity index (χ2n) is 12.9. The zero-order valence-electron chi connectivity index (χ0n) is 28.2. The van der Waals surface area contributed by atoms with E-state index in [1.165, 1.54) is 0 Å². The summed E-state index contributed by atoms with van der Waals surface area (Å²) in [5.41, 5.74) is 2.48. The van der Waals surface area contributed by atoms with E-state index in [2.05, 4.69) is 39.8 Å². The quantitative estimate of drug-likeness (QED) is 0.118. The topological polar surface area (TPSA) is 180 Å². The van der Waals surface area contributed by atoms with Gasteiger partial charge in [-0.25, -0.2) is 4.79 Å². The van der Waals surface area contributed by atoms with Gasteiger partial charge in [-0.3, -0.25) is 25.4 Å². The highest BCUT2D eigenvalue weighted by Crippen LogP contribution is 2.38. The number of ether oxygens (including phenoxy) is 1. The minimum Gasteiger partial charge on any atom is -0.484 e. The number of rotatable bonds is 10. The third-order valence-corrected chi connectivity index (χ3v) is 9.01. The summed E-state index contributed by atoms with van der Waals surface area (Å²) in [4.78, 5) is 15.4. The molecule has 0 radical (unpaired) electrons. The maximum atomic E-state index is 13.4. The number of allylic oxidation sites excluding steroid dienone is 1. The van der Waals surface area contributed by atoms with Crippen LogP contribution in [0.3, 0.4) is 0 Å². The number of aliphatic hydroxyl groups is 1. The van der Waals surface area contributed by atoms with Crippen LogP contribution >= 0.6 is 0 Å². The van der Waals surface area contributed by atoms with Gasteiger partial charge in [-0.15, -0.1) is 0 Å². The number of fused-ring (bicyclic) bond motifs is 1. The molecule has 1 fully saturated rings. The molecule has 2 aromatic heterocycles. The Morgan fingerprint density at radius 2 is 1.79 bits per heavy atom. The molecule has 13 nitrogen and oxygen atoms in total. The molecule has 1 saturated heterocycles. The van der Waals surface area contributed by atoms with Crippen molar-refractivity contribution < 1.29 is 14.6 Å². The number of aliphatic hydroxyl groups excluding tert-OH is 1. The number of aromatic nitrogens is 3. The molecular formula is C35H48N10O3. The van der Waals surface area contributed by atoms with Crippen LogP contribution in [0.1, 0.15) is 83.1 Å². The van der Waals surface area contributed by atoms with Crippen LogP contribution in [0.25, 0.3) is 0 Å². The molecule has 3 aromatic rings. The summed E-state index contributed by atoms with van der Waals surface area (Å²) in [6.07, 6.45) is 9.23. The standard InChI is InChI=1S/C35H48N10O3/c1-22(2)28(36)20-33(40-32-16-17-43(42-32)18-19-46)41-35(47)39-29-13-14-30(27-11-6-5-10-26(27)29)48-25-12-15-31(37)44(21-25)34(38)45-23(3)8-7-9-24(45)4/h5-6,10-12,15-17,20-24,29-30,36-38,46H,7-9,13-14,18-19H2,1-4H3,(H,40,42)(H2,39,41,47)/b33-20+,36-28?,37-31?,38-34?/t23-,24?,29+,30-/m1/s1. The first-order valence-corrected chi connectivity index (χ1v) is 16.7.